The summed E-state index contributed by atoms with van der Waals surface area (Å²) in [6.07, 6.45) is 3.34. The van der Waals surface area contributed by atoms with Crippen LogP contribution < -0.4 is 10.6 Å². The van der Waals surface area contributed by atoms with E-state index in [9.17, 15) is 22.8 Å². The quantitative estimate of drug-likeness (QED) is 0.454. The first-order valence-electron chi connectivity index (χ1n) is 12.6. The van der Waals surface area contributed by atoms with Gasteiger partial charge in [0.05, 0.1) is 17.5 Å². The fourth-order valence-corrected chi connectivity index (χ4v) is 5.59. The number of hydrogen-bond donors (Lipinski definition) is 2. The Hall–Kier alpha value is -2.95. The average Bonchev–Trinajstić information content (AvgIpc) is 3.11. The molecule has 1 atom stereocenters. The van der Waals surface area contributed by atoms with Gasteiger partial charge in [-0.1, -0.05) is 49.4 Å². The number of carbonyl (C=O) groups is 3. The van der Waals surface area contributed by atoms with E-state index < -0.39 is 21.4 Å². The molecule has 0 radical (unpaired) electrons. The number of sulfone groups is 1. The van der Waals surface area contributed by atoms with Crippen LogP contribution in [0.3, 0.4) is 0 Å². The van der Waals surface area contributed by atoms with Crippen molar-refractivity contribution in [2.24, 2.45) is 0 Å². The highest BCUT2D eigenvalue weighted by Gasteiger charge is 2.52. The Kier molecular flexibility index (Phi) is 9.56. The zero-order valence-electron chi connectivity index (χ0n) is 21.7. The van der Waals surface area contributed by atoms with E-state index in [1.807, 2.05) is 37.3 Å². The second-order valence-corrected chi connectivity index (χ2v) is 11.9. The van der Waals surface area contributed by atoms with Crippen molar-refractivity contribution in [2.45, 2.75) is 55.6 Å². The van der Waals surface area contributed by atoms with Crippen molar-refractivity contribution < 1.29 is 22.8 Å². The fraction of sp³-hybridized carbons (Fsp3) is 0.444. The summed E-state index contributed by atoms with van der Waals surface area (Å²) in [6, 6.07) is 15.6. The largest absolute Gasteiger partial charge is 0.349 e. The molecule has 2 aliphatic heterocycles. The predicted molar refractivity (Wildman–Crippen MR) is 147 cm³/mol. The Morgan fingerprint density at radius 3 is 2.26 bits per heavy atom. The minimum absolute atomic E-state index is 0. The molecule has 206 valence electrons. The first-order valence-corrected chi connectivity index (χ1v) is 14.5. The van der Waals surface area contributed by atoms with Crippen LogP contribution in [0.1, 0.15) is 49.8 Å². The maximum absolute atomic E-state index is 13.3. The SMILES string of the molecule is CCC(=O)N[C@@H](CCN1CCC2(CC1)NC(=O)N(Cc1ccc(S(C)(=O)=O)cc1)C2=O)c1ccccc1.Cl. The van der Waals surface area contributed by atoms with Crippen molar-refractivity contribution in [3.05, 3.63) is 65.7 Å². The lowest BCUT2D eigenvalue weighted by atomic mass is 9.87. The summed E-state index contributed by atoms with van der Waals surface area (Å²) in [5.74, 6) is -0.224. The molecule has 38 heavy (non-hydrogen) atoms. The van der Waals surface area contributed by atoms with Gasteiger partial charge in [0, 0.05) is 32.3 Å². The second-order valence-electron chi connectivity index (χ2n) is 9.83. The van der Waals surface area contributed by atoms with Crippen LogP contribution >= 0.6 is 12.4 Å². The van der Waals surface area contributed by atoms with Crippen LogP contribution in [-0.2, 0) is 26.0 Å². The minimum Gasteiger partial charge on any atom is -0.349 e. The molecule has 0 bridgehead atoms. The highest BCUT2D eigenvalue weighted by Crippen LogP contribution is 2.31. The van der Waals surface area contributed by atoms with Gasteiger partial charge in [0.15, 0.2) is 9.84 Å². The van der Waals surface area contributed by atoms with Crippen LogP contribution in [0.5, 0.6) is 0 Å². The van der Waals surface area contributed by atoms with E-state index in [0.717, 1.165) is 24.8 Å². The first kappa shape index (κ1) is 29.6. The van der Waals surface area contributed by atoms with Gasteiger partial charge in [-0.15, -0.1) is 12.4 Å². The maximum Gasteiger partial charge on any atom is 0.325 e. The lowest BCUT2D eigenvalue weighted by Crippen LogP contribution is -2.55. The van der Waals surface area contributed by atoms with Gasteiger partial charge in [-0.05, 0) is 42.5 Å². The molecule has 0 unspecified atom stereocenters. The van der Waals surface area contributed by atoms with Crippen molar-refractivity contribution in [1.29, 1.82) is 0 Å². The molecule has 4 amide bonds. The van der Waals surface area contributed by atoms with E-state index in [4.69, 9.17) is 0 Å². The summed E-state index contributed by atoms with van der Waals surface area (Å²) in [7, 11) is -3.31. The summed E-state index contributed by atoms with van der Waals surface area (Å²) in [5.41, 5.74) is 0.845. The van der Waals surface area contributed by atoms with Gasteiger partial charge in [0.1, 0.15) is 5.54 Å². The molecule has 2 aromatic carbocycles. The van der Waals surface area contributed by atoms with Gasteiger partial charge in [-0.25, -0.2) is 13.2 Å². The first-order chi connectivity index (χ1) is 17.6. The molecule has 2 fully saturated rings. The lowest BCUT2D eigenvalue weighted by molar-refractivity contribution is -0.133. The van der Waals surface area contributed by atoms with Crippen LogP contribution in [0.25, 0.3) is 0 Å². The number of nitrogens with zero attached hydrogens (tertiary/aromatic N) is 2. The normalized spacial score (nSPS) is 18.1. The number of benzene rings is 2. The van der Waals surface area contributed by atoms with Crippen LogP contribution in [0, 0.1) is 0 Å². The van der Waals surface area contributed by atoms with Gasteiger partial charge in [-0.2, -0.15) is 0 Å². The topological polar surface area (TPSA) is 116 Å². The van der Waals surface area contributed by atoms with E-state index >= 15 is 0 Å². The van der Waals surface area contributed by atoms with Crippen LogP contribution in [0.4, 0.5) is 4.79 Å². The van der Waals surface area contributed by atoms with Crippen LogP contribution in [0.15, 0.2) is 59.5 Å². The summed E-state index contributed by atoms with van der Waals surface area (Å²) in [4.78, 5) is 41.8. The second kappa shape index (κ2) is 12.3. The highest BCUT2D eigenvalue weighted by atomic mass is 35.5. The number of halogens is 1. The standard InChI is InChI=1S/C27H34N4O5S.ClH/c1-3-24(32)28-23(21-7-5-4-6-8-21)13-16-30-17-14-27(15-18-30)25(33)31(26(34)29-27)19-20-9-11-22(12-10-20)37(2,35)36;/h4-12,23H,3,13-19H2,1-2H3,(H,28,32)(H,29,34);1H/t23-;/m0./s1. The smallest absolute Gasteiger partial charge is 0.325 e. The van der Waals surface area contributed by atoms with Crippen LogP contribution in [0.2, 0.25) is 0 Å². The van der Waals surface area contributed by atoms with Crippen molar-refractivity contribution in [2.75, 3.05) is 25.9 Å². The number of piperidine rings is 1. The Balaban J connectivity index is 0.00000400. The number of nitrogens with one attached hydrogen (secondary N) is 2. The summed E-state index contributed by atoms with van der Waals surface area (Å²) in [5, 5.41) is 6.04. The number of imide groups is 1. The summed E-state index contributed by atoms with van der Waals surface area (Å²) < 4.78 is 23.4. The zero-order valence-corrected chi connectivity index (χ0v) is 23.3. The molecule has 0 aromatic heterocycles. The van der Waals surface area contributed by atoms with Crippen molar-refractivity contribution in [3.63, 3.8) is 0 Å². The lowest BCUT2D eigenvalue weighted by Gasteiger charge is -2.37. The Labute approximate surface area is 230 Å². The van der Waals surface area contributed by atoms with E-state index in [-0.39, 0.29) is 41.7 Å². The van der Waals surface area contributed by atoms with E-state index in [2.05, 4.69) is 15.5 Å². The molecule has 11 heteroatoms. The fourth-order valence-electron chi connectivity index (χ4n) is 4.96. The third kappa shape index (κ3) is 6.73. The van der Waals surface area contributed by atoms with Gasteiger partial charge >= 0.3 is 6.03 Å². The van der Waals surface area contributed by atoms with E-state index in [1.165, 1.54) is 17.0 Å². The Morgan fingerprint density at radius 2 is 1.68 bits per heavy atom. The number of carbonyl (C=O) groups excluding carboxylic acids is 3. The number of rotatable bonds is 9. The van der Waals surface area contributed by atoms with E-state index in [0.29, 0.717) is 37.9 Å². The molecule has 9 nitrogen and oxygen atoms in total. The van der Waals surface area contributed by atoms with Gasteiger partial charge < -0.3 is 15.5 Å². The van der Waals surface area contributed by atoms with Gasteiger partial charge in [0.25, 0.3) is 5.91 Å². The van der Waals surface area contributed by atoms with Gasteiger partial charge in [0.2, 0.25) is 5.91 Å². The maximum atomic E-state index is 13.3. The monoisotopic (exact) mass is 562 g/mol. The Morgan fingerprint density at radius 1 is 1.05 bits per heavy atom. The van der Waals surface area contributed by atoms with E-state index in [1.54, 1.807) is 12.1 Å². The molecule has 2 heterocycles. The third-order valence-corrected chi connectivity index (χ3v) is 8.37. The number of amides is 4. The van der Waals surface area contributed by atoms with Crippen molar-refractivity contribution in [3.8, 4) is 0 Å². The summed E-state index contributed by atoms with van der Waals surface area (Å²) >= 11 is 0. The van der Waals surface area contributed by atoms with Crippen LogP contribution in [-0.4, -0.2) is 67.5 Å². The van der Waals surface area contributed by atoms with Crippen molar-refractivity contribution >= 4 is 40.1 Å². The molecule has 2 N–H and O–H groups in total. The molecule has 0 aliphatic carbocycles. The zero-order chi connectivity index (χ0) is 26.6. The number of likely N-dealkylation sites (tertiary alicyclic amines) is 1. The number of hydrogen-bond acceptors (Lipinski definition) is 6. The molecule has 1 spiro atoms. The van der Waals surface area contributed by atoms with Gasteiger partial charge in [-0.3, -0.25) is 14.5 Å². The molecule has 2 aliphatic rings. The molecule has 0 saturated carbocycles. The Bertz CT molecular complexity index is 1250. The molecule has 4 rings (SSSR count). The predicted octanol–water partition coefficient (Wildman–Crippen LogP) is 3.06. The molecular formula is C27H35ClN4O5S. The molecular weight excluding hydrogens is 528 g/mol. The highest BCUT2D eigenvalue weighted by molar-refractivity contribution is 7.90. The summed E-state index contributed by atoms with van der Waals surface area (Å²) in [6.45, 7) is 4.01. The number of urea groups is 1. The molecule has 2 saturated heterocycles. The average molecular weight is 563 g/mol. The minimum atomic E-state index is -3.31. The van der Waals surface area contributed by atoms with Crippen molar-refractivity contribution in [1.82, 2.24) is 20.4 Å². The third-order valence-electron chi connectivity index (χ3n) is 7.24. The molecule has 2 aromatic rings.